The number of nitrogens with zero attached hydrogens (tertiary/aromatic N) is 6. The van der Waals surface area contributed by atoms with Gasteiger partial charge in [0.1, 0.15) is 17.4 Å². The van der Waals surface area contributed by atoms with Crippen molar-refractivity contribution in [3.05, 3.63) is 81.7 Å². The van der Waals surface area contributed by atoms with Gasteiger partial charge >= 0.3 is 0 Å². The predicted molar refractivity (Wildman–Crippen MR) is 120 cm³/mol. The lowest BCUT2D eigenvalue weighted by Crippen LogP contribution is -2.05. The third kappa shape index (κ3) is 3.59. The topological polar surface area (TPSA) is 60.9 Å². The number of unbranched alkanes of at least 4 members (excludes halogenated alkanes) is 1. The first kappa shape index (κ1) is 19.2. The van der Waals surface area contributed by atoms with Crippen LogP contribution in [-0.4, -0.2) is 30.0 Å². The Labute approximate surface area is 183 Å². The SMILES string of the molecule is Cc1nnc2n1-c1sc(CCCCn3ccnc3)cc1C(c1ccccc1Cl)=NC2. The average Bonchev–Trinajstić information content (AvgIpc) is 3.46. The quantitative estimate of drug-likeness (QED) is 0.405. The first-order chi connectivity index (χ1) is 14.7. The lowest BCUT2D eigenvalue weighted by atomic mass is 10.0. The molecule has 6 nitrogen and oxygen atoms in total. The van der Waals surface area contributed by atoms with Gasteiger partial charge in [-0.05, 0) is 38.3 Å². The van der Waals surface area contributed by atoms with Gasteiger partial charge in [0.2, 0.25) is 0 Å². The van der Waals surface area contributed by atoms with Gasteiger partial charge in [0.15, 0.2) is 5.82 Å². The molecule has 0 unspecified atom stereocenters. The molecule has 0 amide bonds. The number of aliphatic imine (C=N–C) groups is 1. The number of halogens is 1. The first-order valence-electron chi connectivity index (χ1n) is 10.00. The Hall–Kier alpha value is -2.77. The van der Waals surface area contributed by atoms with Crippen molar-refractivity contribution in [2.24, 2.45) is 4.99 Å². The molecule has 0 saturated heterocycles. The highest BCUT2D eigenvalue weighted by Crippen LogP contribution is 2.35. The number of hydrogen-bond donors (Lipinski definition) is 0. The minimum atomic E-state index is 0.489. The first-order valence-corrected chi connectivity index (χ1v) is 11.2. The summed E-state index contributed by atoms with van der Waals surface area (Å²) in [6.07, 6.45) is 8.96. The van der Waals surface area contributed by atoms with Crippen LogP contribution in [0.4, 0.5) is 0 Å². The smallest absolute Gasteiger partial charge is 0.160 e. The van der Waals surface area contributed by atoms with E-state index in [1.165, 1.54) is 4.88 Å². The van der Waals surface area contributed by atoms with E-state index in [4.69, 9.17) is 16.6 Å². The van der Waals surface area contributed by atoms with Gasteiger partial charge < -0.3 is 4.57 Å². The zero-order chi connectivity index (χ0) is 20.5. The van der Waals surface area contributed by atoms with E-state index < -0.39 is 0 Å². The van der Waals surface area contributed by atoms with Crippen LogP contribution in [0.3, 0.4) is 0 Å². The molecule has 8 heteroatoms. The van der Waals surface area contributed by atoms with Crippen molar-refractivity contribution in [3.8, 4) is 5.00 Å². The molecule has 152 valence electrons. The van der Waals surface area contributed by atoms with Crippen LogP contribution in [-0.2, 0) is 19.5 Å². The number of rotatable bonds is 6. The third-order valence-corrected chi connectivity index (χ3v) is 6.78. The van der Waals surface area contributed by atoms with Gasteiger partial charge in [-0.15, -0.1) is 21.5 Å². The Morgan fingerprint density at radius 2 is 2.03 bits per heavy atom. The molecule has 4 heterocycles. The zero-order valence-corrected chi connectivity index (χ0v) is 18.2. The molecule has 4 aromatic rings. The summed E-state index contributed by atoms with van der Waals surface area (Å²) in [7, 11) is 0. The Balaban J connectivity index is 1.47. The number of aromatic nitrogens is 5. The minimum absolute atomic E-state index is 0.489. The summed E-state index contributed by atoms with van der Waals surface area (Å²) in [6.45, 7) is 3.47. The Bertz CT molecular complexity index is 1200. The third-order valence-electron chi connectivity index (χ3n) is 5.27. The van der Waals surface area contributed by atoms with Crippen LogP contribution in [0.25, 0.3) is 5.00 Å². The molecule has 0 saturated carbocycles. The van der Waals surface area contributed by atoms with Crippen molar-refractivity contribution in [2.75, 3.05) is 0 Å². The molecular weight excluding hydrogens is 416 g/mol. The van der Waals surface area contributed by atoms with Crippen LogP contribution in [0.15, 0.2) is 54.0 Å². The zero-order valence-electron chi connectivity index (χ0n) is 16.6. The highest BCUT2D eigenvalue weighted by molar-refractivity contribution is 7.15. The maximum Gasteiger partial charge on any atom is 0.160 e. The van der Waals surface area contributed by atoms with E-state index in [1.54, 1.807) is 11.3 Å². The molecule has 5 rings (SSSR count). The van der Waals surface area contributed by atoms with E-state index in [2.05, 4.69) is 30.4 Å². The van der Waals surface area contributed by atoms with Crippen molar-refractivity contribution in [3.63, 3.8) is 0 Å². The predicted octanol–water partition coefficient (Wildman–Crippen LogP) is 4.86. The van der Waals surface area contributed by atoms with Gasteiger partial charge in [-0.1, -0.05) is 29.8 Å². The molecule has 0 fully saturated rings. The highest BCUT2D eigenvalue weighted by Gasteiger charge is 2.25. The number of aryl methyl sites for hydroxylation is 3. The van der Waals surface area contributed by atoms with Crippen molar-refractivity contribution >= 4 is 28.6 Å². The van der Waals surface area contributed by atoms with Crippen molar-refractivity contribution in [1.29, 1.82) is 0 Å². The number of benzene rings is 1. The number of hydrogen-bond acceptors (Lipinski definition) is 5. The lowest BCUT2D eigenvalue weighted by molar-refractivity contribution is 0.611. The van der Waals surface area contributed by atoms with Gasteiger partial charge in [0.05, 0.1) is 12.0 Å². The monoisotopic (exact) mass is 436 g/mol. The van der Waals surface area contributed by atoms with Gasteiger partial charge in [-0.3, -0.25) is 9.56 Å². The van der Waals surface area contributed by atoms with E-state index in [1.807, 2.05) is 49.9 Å². The van der Waals surface area contributed by atoms with E-state index in [0.29, 0.717) is 11.6 Å². The van der Waals surface area contributed by atoms with Gasteiger partial charge in [-0.2, -0.15) is 0 Å². The summed E-state index contributed by atoms with van der Waals surface area (Å²) < 4.78 is 4.26. The molecule has 0 bridgehead atoms. The maximum atomic E-state index is 6.53. The van der Waals surface area contributed by atoms with E-state index in [9.17, 15) is 0 Å². The number of thiophene rings is 1. The Morgan fingerprint density at radius 1 is 1.13 bits per heavy atom. The summed E-state index contributed by atoms with van der Waals surface area (Å²) in [6, 6.07) is 10.2. The summed E-state index contributed by atoms with van der Waals surface area (Å²) in [5.41, 5.74) is 3.00. The van der Waals surface area contributed by atoms with Crippen LogP contribution < -0.4 is 0 Å². The second-order valence-electron chi connectivity index (χ2n) is 7.33. The van der Waals surface area contributed by atoms with Crippen LogP contribution in [0.1, 0.15) is 40.5 Å². The molecule has 1 aliphatic heterocycles. The second kappa shape index (κ2) is 8.16. The van der Waals surface area contributed by atoms with Crippen LogP contribution in [0.2, 0.25) is 5.02 Å². The molecular formula is C22H21ClN6S. The fourth-order valence-corrected chi connectivity index (χ4v) is 5.29. The fourth-order valence-electron chi connectivity index (χ4n) is 3.79. The van der Waals surface area contributed by atoms with Gasteiger partial charge in [0, 0.05) is 40.0 Å². The minimum Gasteiger partial charge on any atom is -0.337 e. The van der Waals surface area contributed by atoms with Gasteiger partial charge in [0.25, 0.3) is 0 Å². The summed E-state index contributed by atoms with van der Waals surface area (Å²) in [4.78, 5) is 10.3. The summed E-state index contributed by atoms with van der Waals surface area (Å²) in [5, 5.41) is 10.5. The van der Waals surface area contributed by atoms with Crippen LogP contribution in [0, 0.1) is 6.92 Å². The van der Waals surface area contributed by atoms with Crippen LogP contribution in [0.5, 0.6) is 0 Å². The van der Waals surface area contributed by atoms with Gasteiger partial charge in [-0.25, -0.2) is 4.98 Å². The molecule has 0 atom stereocenters. The molecule has 0 aliphatic carbocycles. The van der Waals surface area contributed by atoms with Crippen molar-refractivity contribution in [1.82, 2.24) is 24.3 Å². The number of fused-ring (bicyclic) bond motifs is 3. The number of imidazole rings is 1. The second-order valence-corrected chi connectivity index (χ2v) is 8.86. The largest absolute Gasteiger partial charge is 0.337 e. The molecule has 0 radical (unpaired) electrons. The molecule has 1 aliphatic rings. The molecule has 0 N–H and O–H groups in total. The van der Waals surface area contributed by atoms with E-state index in [0.717, 1.165) is 59.3 Å². The Kier molecular flexibility index (Phi) is 5.23. The summed E-state index contributed by atoms with van der Waals surface area (Å²) in [5.74, 6) is 1.75. The van der Waals surface area contributed by atoms with E-state index in [-0.39, 0.29) is 0 Å². The van der Waals surface area contributed by atoms with Crippen molar-refractivity contribution in [2.45, 2.75) is 39.3 Å². The average molecular weight is 437 g/mol. The molecule has 3 aromatic heterocycles. The van der Waals surface area contributed by atoms with Crippen LogP contribution >= 0.6 is 22.9 Å². The Morgan fingerprint density at radius 3 is 2.87 bits per heavy atom. The fraction of sp³-hybridized carbons (Fsp3) is 0.273. The standard InChI is InChI=1S/C22H21ClN6S/c1-15-26-27-20-13-25-21(17-7-2-3-8-19(17)23)18-12-16(30-22(18)29(15)20)6-4-5-10-28-11-9-24-14-28/h2-3,7-9,11-12,14H,4-6,10,13H2,1H3. The summed E-state index contributed by atoms with van der Waals surface area (Å²) >= 11 is 8.33. The molecule has 30 heavy (non-hydrogen) atoms. The highest BCUT2D eigenvalue weighted by atomic mass is 35.5. The maximum absolute atomic E-state index is 6.53. The van der Waals surface area contributed by atoms with E-state index >= 15 is 0 Å². The molecule has 0 spiro atoms. The normalized spacial score (nSPS) is 12.9. The lowest BCUT2D eigenvalue weighted by Gasteiger charge is -2.08. The molecule has 1 aromatic carbocycles. The van der Waals surface area contributed by atoms with Crippen molar-refractivity contribution < 1.29 is 0 Å².